The van der Waals surface area contributed by atoms with E-state index in [0.717, 1.165) is 11.1 Å². The highest BCUT2D eigenvalue weighted by molar-refractivity contribution is 5.97. The van der Waals surface area contributed by atoms with Crippen molar-refractivity contribution >= 4 is 23.7 Å². The second-order valence-corrected chi connectivity index (χ2v) is 8.69. The highest BCUT2D eigenvalue weighted by atomic mass is 16.6. The van der Waals surface area contributed by atoms with Gasteiger partial charge in [-0.25, -0.2) is 9.59 Å². The Bertz CT molecular complexity index is 1400. The first-order chi connectivity index (χ1) is 18.3. The molecule has 0 bridgehead atoms. The number of carbonyl (C=O) groups is 3. The molecule has 3 aromatic carbocycles. The van der Waals surface area contributed by atoms with Gasteiger partial charge >= 0.3 is 12.1 Å². The molecule has 1 aromatic heterocycles. The molecule has 3 N–H and O–H groups in total. The van der Waals surface area contributed by atoms with Crippen molar-refractivity contribution < 1.29 is 28.8 Å². The van der Waals surface area contributed by atoms with Crippen LogP contribution in [0.2, 0.25) is 0 Å². The molecule has 4 aromatic rings. The number of amides is 2. The van der Waals surface area contributed by atoms with Gasteiger partial charge in [0.05, 0.1) is 0 Å². The Hall–Kier alpha value is -4.92. The average Bonchev–Trinajstić information content (AvgIpc) is 3.28. The standard InChI is InChI=1S/C29H27N3O6/c1-18-25(31-29(36)37-19(2)21-11-7-4-8-12-21)26(38-32-18)22-13-15-23(16-14-22)27(33)30-24(28(34)35)17-20-9-5-3-6-10-20/h3-16,19,24H,17H2,1-2H3,(H,30,33)(H,31,36)(H,34,35)/t19-,24-/m1/s1. The van der Waals surface area contributed by atoms with Crippen LogP contribution in [0.3, 0.4) is 0 Å². The van der Waals surface area contributed by atoms with Crippen molar-refractivity contribution in [1.82, 2.24) is 10.5 Å². The number of hydrogen-bond acceptors (Lipinski definition) is 6. The molecule has 0 unspecified atom stereocenters. The van der Waals surface area contributed by atoms with Crippen LogP contribution in [0.4, 0.5) is 10.5 Å². The van der Waals surface area contributed by atoms with E-state index in [1.165, 1.54) is 0 Å². The minimum atomic E-state index is -1.12. The van der Waals surface area contributed by atoms with Crippen molar-refractivity contribution in [2.75, 3.05) is 5.32 Å². The highest BCUT2D eigenvalue weighted by Gasteiger charge is 2.23. The first-order valence-electron chi connectivity index (χ1n) is 12.0. The van der Waals surface area contributed by atoms with E-state index in [1.54, 1.807) is 50.2 Å². The van der Waals surface area contributed by atoms with E-state index in [0.29, 0.717) is 22.7 Å². The summed E-state index contributed by atoms with van der Waals surface area (Å²) in [5.74, 6) is -1.35. The van der Waals surface area contributed by atoms with Crippen LogP contribution in [0.5, 0.6) is 0 Å². The highest BCUT2D eigenvalue weighted by Crippen LogP contribution is 2.31. The number of rotatable bonds is 9. The lowest BCUT2D eigenvalue weighted by atomic mass is 10.0. The number of nitrogens with one attached hydrogen (secondary N) is 2. The zero-order valence-electron chi connectivity index (χ0n) is 20.9. The second-order valence-electron chi connectivity index (χ2n) is 8.69. The monoisotopic (exact) mass is 513 g/mol. The summed E-state index contributed by atoms with van der Waals surface area (Å²) in [7, 11) is 0. The minimum absolute atomic E-state index is 0.158. The van der Waals surface area contributed by atoms with E-state index in [9.17, 15) is 19.5 Å². The number of anilines is 1. The molecular weight excluding hydrogens is 486 g/mol. The average molecular weight is 514 g/mol. The Labute approximate surface area is 219 Å². The van der Waals surface area contributed by atoms with E-state index in [1.807, 2.05) is 48.5 Å². The molecule has 0 aliphatic carbocycles. The number of aliphatic carboxylic acids is 1. The number of carboxylic acids is 1. The van der Waals surface area contributed by atoms with Gasteiger partial charge in [-0.15, -0.1) is 0 Å². The molecule has 0 spiro atoms. The maximum Gasteiger partial charge on any atom is 0.412 e. The van der Waals surface area contributed by atoms with E-state index in [-0.39, 0.29) is 12.0 Å². The number of nitrogens with zero attached hydrogens (tertiary/aromatic N) is 1. The SMILES string of the molecule is Cc1noc(-c2ccc(C(=O)N[C@H](Cc3ccccc3)C(=O)O)cc2)c1NC(=O)O[C@H](C)c1ccccc1. The molecule has 0 aliphatic rings. The van der Waals surface area contributed by atoms with Crippen LogP contribution in [0.25, 0.3) is 11.3 Å². The Kier molecular flexibility index (Phi) is 8.17. The van der Waals surface area contributed by atoms with E-state index in [4.69, 9.17) is 9.26 Å². The van der Waals surface area contributed by atoms with Crippen molar-refractivity contribution in [3.05, 3.63) is 107 Å². The molecule has 0 radical (unpaired) electrons. The molecule has 0 saturated heterocycles. The largest absolute Gasteiger partial charge is 0.480 e. The third kappa shape index (κ3) is 6.44. The molecule has 38 heavy (non-hydrogen) atoms. The van der Waals surface area contributed by atoms with Gasteiger partial charge in [-0.2, -0.15) is 0 Å². The lowest BCUT2D eigenvalue weighted by Gasteiger charge is -2.15. The van der Waals surface area contributed by atoms with Crippen LogP contribution in [0.1, 0.15) is 40.2 Å². The Morgan fingerprint density at radius 1 is 0.947 bits per heavy atom. The number of carbonyl (C=O) groups excluding carboxylic acids is 2. The van der Waals surface area contributed by atoms with E-state index >= 15 is 0 Å². The van der Waals surface area contributed by atoms with Gasteiger partial charge in [0.25, 0.3) is 5.91 Å². The number of ether oxygens (including phenoxy) is 1. The van der Waals surface area contributed by atoms with Gasteiger partial charge in [0.2, 0.25) is 0 Å². The maximum absolute atomic E-state index is 12.7. The van der Waals surface area contributed by atoms with Crippen molar-refractivity contribution in [2.45, 2.75) is 32.4 Å². The van der Waals surface area contributed by atoms with Crippen molar-refractivity contribution in [3.8, 4) is 11.3 Å². The van der Waals surface area contributed by atoms with E-state index in [2.05, 4.69) is 15.8 Å². The Morgan fingerprint density at radius 3 is 2.21 bits per heavy atom. The molecule has 4 rings (SSSR count). The van der Waals surface area contributed by atoms with Crippen LogP contribution < -0.4 is 10.6 Å². The fourth-order valence-corrected chi connectivity index (χ4v) is 3.86. The Morgan fingerprint density at radius 2 is 1.58 bits per heavy atom. The van der Waals surface area contributed by atoms with Crippen LogP contribution in [0, 0.1) is 6.92 Å². The topological polar surface area (TPSA) is 131 Å². The zero-order chi connectivity index (χ0) is 27.1. The Balaban J connectivity index is 1.43. The number of aromatic nitrogens is 1. The third-order valence-electron chi connectivity index (χ3n) is 5.94. The number of benzene rings is 3. The summed E-state index contributed by atoms with van der Waals surface area (Å²) in [6.07, 6.45) is -0.970. The van der Waals surface area contributed by atoms with Gasteiger partial charge in [-0.1, -0.05) is 78.0 Å². The molecule has 9 nitrogen and oxygen atoms in total. The number of aryl methyl sites for hydroxylation is 1. The molecule has 194 valence electrons. The minimum Gasteiger partial charge on any atom is -0.480 e. The van der Waals surface area contributed by atoms with Crippen LogP contribution >= 0.6 is 0 Å². The second kappa shape index (κ2) is 11.9. The third-order valence-corrected chi connectivity index (χ3v) is 5.94. The predicted molar refractivity (Wildman–Crippen MR) is 141 cm³/mol. The van der Waals surface area contributed by atoms with Gasteiger partial charge < -0.3 is 19.7 Å². The van der Waals surface area contributed by atoms with Gasteiger partial charge in [0, 0.05) is 17.5 Å². The first kappa shape index (κ1) is 26.2. The smallest absolute Gasteiger partial charge is 0.412 e. The maximum atomic E-state index is 12.7. The summed E-state index contributed by atoms with van der Waals surface area (Å²) in [5, 5.41) is 18.8. The van der Waals surface area contributed by atoms with Crippen molar-refractivity contribution in [3.63, 3.8) is 0 Å². The quantitative estimate of drug-likeness (QED) is 0.274. The first-order valence-corrected chi connectivity index (χ1v) is 12.0. The number of hydrogen-bond donors (Lipinski definition) is 3. The lowest BCUT2D eigenvalue weighted by molar-refractivity contribution is -0.139. The summed E-state index contributed by atoms with van der Waals surface area (Å²) in [4.78, 5) is 37.0. The van der Waals surface area contributed by atoms with Gasteiger partial charge in [0.15, 0.2) is 5.76 Å². The van der Waals surface area contributed by atoms with Gasteiger partial charge in [0.1, 0.15) is 23.5 Å². The zero-order valence-corrected chi connectivity index (χ0v) is 20.9. The summed E-state index contributed by atoms with van der Waals surface area (Å²) in [6.45, 7) is 3.46. The summed E-state index contributed by atoms with van der Waals surface area (Å²) in [5.41, 5.74) is 3.29. The van der Waals surface area contributed by atoms with Crippen LogP contribution in [0.15, 0.2) is 89.5 Å². The fraction of sp³-hybridized carbons (Fsp3) is 0.172. The predicted octanol–water partition coefficient (Wildman–Crippen LogP) is 5.39. The van der Waals surface area contributed by atoms with E-state index < -0.39 is 30.1 Å². The van der Waals surface area contributed by atoms with Crippen LogP contribution in [-0.2, 0) is 16.0 Å². The van der Waals surface area contributed by atoms with Gasteiger partial charge in [-0.05, 0) is 37.1 Å². The lowest BCUT2D eigenvalue weighted by Crippen LogP contribution is -2.42. The molecular formula is C29H27N3O6. The molecule has 2 amide bonds. The molecule has 0 fully saturated rings. The van der Waals surface area contributed by atoms with Crippen molar-refractivity contribution in [2.24, 2.45) is 0 Å². The fourth-order valence-electron chi connectivity index (χ4n) is 3.86. The molecule has 9 heteroatoms. The summed E-state index contributed by atoms with van der Waals surface area (Å²) >= 11 is 0. The van der Waals surface area contributed by atoms with Gasteiger partial charge in [-0.3, -0.25) is 10.1 Å². The molecule has 0 aliphatic heterocycles. The van der Waals surface area contributed by atoms with Crippen molar-refractivity contribution in [1.29, 1.82) is 0 Å². The number of carboxylic acid groups (broad SMARTS) is 1. The summed E-state index contributed by atoms with van der Waals surface area (Å²) < 4.78 is 10.9. The molecule has 1 heterocycles. The normalized spacial score (nSPS) is 12.3. The molecule has 2 atom stereocenters. The molecule has 0 saturated carbocycles. The van der Waals surface area contributed by atoms with Crippen LogP contribution in [-0.4, -0.2) is 34.3 Å². The summed E-state index contributed by atoms with van der Waals surface area (Å²) in [6, 6.07) is 23.7.